The van der Waals surface area contributed by atoms with Crippen LogP contribution >= 0.6 is 0 Å². The summed E-state index contributed by atoms with van der Waals surface area (Å²) in [6.07, 6.45) is -1.86. The van der Waals surface area contributed by atoms with E-state index in [1.165, 1.54) is 0 Å². The van der Waals surface area contributed by atoms with Gasteiger partial charge in [-0.1, -0.05) is 26.2 Å². The number of nitrogens with one attached hydrogen (secondary N) is 1. The van der Waals surface area contributed by atoms with Gasteiger partial charge in [0.1, 0.15) is 5.56 Å². The van der Waals surface area contributed by atoms with Gasteiger partial charge in [-0.15, -0.1) is 0 Å². The van der Waals surface area contributed by atoms with Crippen molar-refractivity contribution in [3.8, 4) is 5.75 Å². The number of alkyl halides is 3. The number of anilines is 1. The van der Waals surface area contributed by atoms with E-state index in [1.807, 2.05) is 6.92 Å². The van der Waals surface area contributed by atoms with Crippen molar-refractivity contribution in [3.63, 3.8) is 0 Å². The van der Waals surface area contributed by atoms with Crippen molar-refractivity contribution in [1.82, 2.24) is 0 Å². The molecule has 0 fully saturated rings. The van der Waals surface area contributed by atoms with Gasteiger partial charge >= 0.3 is 11.9 Å². The number of hydrogen-bond donors (Lipinski definition) is 1. The Labute approximate surface area is 141 Å². The monoisotopic (exact) mass is 365 g/mol. The summed E-state index contributed by atoms with van der Waals surface area (Å²) in [5.41, 5.74) is -4.27. The second kappa shape index (κ2) is 8.49. The maximum atomic E-state index is 13.1. The number of nitrogens with zero attached hydrogens (tertiary/aromatic N) is 2. The summed E-state index contributed by atoms with van der Waals surface area (Å²) in [5.74, 6) is -1.06. The van der Waals surface area contributed by atoms with Crippen LogP contribution in [-0.2, 0) is 6.18 Å². The van der Waals surface area contributed by atoms with Crippen molar-refractivity contribution in [3.05, 3.63) is 31.9 Å². The molecule has 0 bridgehead atoms. The van der Waals surface area contributed by atoms with Crippen molar-refractivity contribution in [1.29, 1.82) is 0 Å². The number of nitro benzene ring substituents is 2. The molecule has 1 rings (SSSR count). The highest BCUT2D eigenvalue weighted by molar-refractivity contribution is 5.80. The predicted octanol–water partition coefficient (Wildman–Crippen LogP) is 4.52. The van der Waals surface area contributed by atoms with Crippen LogP contribution in [0.5, 0.6) is 5.75 Å². The summed E-state index contributed by atoms with van der Waals surface area (Å²) in [5, 5.41) is 25.0. The fourth-order valence-electron chi connectivity index (χ4n) is 2.31. The van der Waals surface area contributed by atoms with Crippen LogP contribution in [-0.4, -0.2) is 23.5 Å². The second-order valence-corrected chi connectivity index (χ2v) is 5.20. The Morgan fingerprint density at radius 3 is 2.24 bits per heavy atom. The average molecular weight is 365 g/mol. The normalized spacial score (nSPS) is 11.2. The van der Waals surface area contributed by atoms with Crippen LogP contribution in [0.3, 0.4) is 0 Å². The lowest BCUT2D eigenvalue weighted by molar-refractivity contribution is -0.393. The van der Waals surface area contributed by atoms with E-state index in [1.54, 1.807) is 0 Å². The molecule has 0 spiro atoms. The Hall–Kier alpha value is -2.59. The first-order valence-electron chi connectivity index (χ1n) is 7.49. The molecule has 0 aliphatic carbocycles. The molecule has 11 heteroatoms. The zero-order chi connectivity index (χ0) is 19.2. The van der Waals surface area contributed by atoms with Gasteiger partial charge in [0, 0.05) is 12.6 Å². The zero-order valence-electron chi connectivity index (χ0n) is 13.7. The SMILES string of the molecule is CCCCCCNc1c([N+](=O)[O-])cc(C(F)(F)F)c(OC)c1[N+](=O)[O-]. The summed E-state index contributed by atoms with van der Waals surface area (Å²) in [6.45, 7) is 2.13. The molecule has 0 aliphatic rings. The Morgan fingerprint density at radius 1 is 1.16 bits per heavy atom. The van der Waals surface area contributed by atoms with Crippen molar-refractivity contribution < 1.29 is 27.8 Å². The van der Waals surface area contributed by atoms with Crippen molar-refractivity contribution >= 4 is 17.1 Å². The van der Waals surface area contributed by atoms with E-state index in [9.17, 15) is 33.4 Å². The van der Waals surface area contributed by atoms with Crippen molar-refractivity contribution in [2.45, 2.75) is 38.8 Å². The van der Waals surface area contributed by atoms with Crippen LogP contribution in [0.15, 0.2) is 6.07 Å². The summed E-state index contributed by atoms with van der Waals surface area (Å²) in [6, 6.07) is 0.250. The molecule has 140 valence electrons. The van der Waals surface area contributed by atoms with Gasteiger partial charge in [-0.2, -0.15) is 13.2 Å². The molecule has 0 heterocycles. The minimum Gasteiger partial charge on any atom is -0.490 e. The van der Waals surface area contributed by atoms with Crippen LogP contribution in [0.4, 0.5) is 30.2 Å². The number of halogens is 3. The fourth-order valence-corrected chi connectivity index (χ4v) is 2.31. The van der Waals surface area contributed by atoms with Gasteiger partial charge in [0.25, 0.3) is 5.69 Å². The third-order valence-corrected chi connectivity index (χ3v) is 3.45. The van der Waals surface area contributed by atoms with Gasteiger partial charge in [0.15, 0.2) is 5.69 Å². The van der Waals surface area contributed by atoms with Crippen LogP contribution in [0, 0.1) is 20.2 Å². The highest BCUT2D eigenvalue weighted by atomic mass is 19.4. The van der Waals surface area contributed by atoms with Gasteiger partial charge in [-0.05, 0) is 6.42 Å². The molecule has 8 nitrogen and oxygen atoms in total. The first-order valence-corrected chi connectivity index (χ1v) is 7.49. The molecule has 0 aliphatic heterocycles. The third-order valence-electron chi connectivity index (χ3n) is 3.45. The average Bonchev–Trinajstić information content (AvgIpc) is 2.51. The molecule has 0 saturated heterocycles. The Kier molecular flexibility index (Phi) is 6.95. The van der Waals surface area contributed by atoms with Crippen LogP contribution < -0.4 is 10.1 Å². The first-order chi connectivity index (χ1) is 11.6. The van der Waals surface area contributed by atoms with Crippen LogP contribution in [0.2, 0.25) is 0 Å². The number of nitro groups is 2. The lowest BCUT2D eigenvalue weighted by atomic mass is 10.1. The fraction of sp³-hybridized carbons (Fsp3) is 0.571. The van der Waals surface area contributed by atoms with E-state index >= 15 is 0 Å². The molecule has 25 heavy (non-hydrogen) atoms. The highest BCUT2D eigenvalue weighted by Gasteiger charge is 2.43. The predicted molar refractivity (Wildman–Crippen MR) is 83.9 cm³/mol. The number of ether oxygens (including phenoxy) is 1. The number of rotatable bonds is 9. The number of unbranched alkanes of at least 4 members (excludes halogenated alkanes) is 3. The molecule has 0 atom stereocenters. The lowest BCUT2D eigenvalue weighted by Gasteiger charge is -2.15. The molecule has 1 N–H and O–H groups in total. The summed E-state index contributed by atoms with van der Waals surface area (Å²) in [7, 11) is 0.842. The van der Waals surface area contributed by atoms with E-state index in [4.69, 9.17) is 0 Å². The third kappa shape index (κ3) is 4.94. The largest absolute Gasteiger partial charge is 0.490 e. The highest BCUT2D eigenvalue weighted by Crippen LogP contribution is 2.49. The summed E-state index contributed by atoms with van der Waals surface area (Å²) in [4.78, 5) is 20.2. The standard InChI is InChI=1S/C14H18F3N3O5/c1-3-4-5-6-7-18-11-10(19(21)22)8-9(14(15,16)17)13(25-2)12(11)20(23)24/h8,18H,3-7H2,1-2H3. The van der Waals surface area contributed by atoms with Gasteiger partial charge in [0.2, 0.25) is 5.75 Å². The molecule has 1 aromatic carbocycles. The molecular weight excluding hydrogens is 347 g/mol. The first kappa shape index (κ1) is 20.5. The molecule has 0 aromatic heterocycles. The smallest absolute Gasteiger partial charge is 0.420 e. The molecule has 0 unspecified atom stereocenters. The molecular formula is C14H18F3N3O5. The number of hydrogen-bond acceptors (Lipinski definition) is 6. The van der Waals surface area contributed by atoms with Crippen molar-refractivity contribution in [2.24, 2.45) is 0 Å². The van der Waals surface area contributed by atoms with Gasteiger partial charge in [-0.25, -0.2) is 0 Å². The lowest BCUT2D eigenvalue weighted by Crippen LogP contribution is -2.14. The Bertz CT molecular complexity index is 650. The van der Waals surface area contributed by atoms with Crippen LogP contribution in [0.25, 0.3) is 0 Å². The number of benzene rings is 1. The maximum absolute atomic E-state index is 13.1. The molecule has 1 aromatic rings. The van der Waals surface area contributed by atoms with E-state index in [0.29, 0.717) is 6.42 Å². The number of methoxy groups -OCH3 is 1. The van der Waals surface area contributed by atoms with E-state index in [2.05, 4.69) is 10.1 Å². The minimum atomic E-state index is -5.04. The van der Waals surface area contributed by atoms with Gasteiger partial charge in [0.05, 0.1) is 17.0 Å². The van der Waals surface area contributed by atoms with Crippen molar-refractivity contribution in [2.75, 3.05) is 19.0 Å². The maximum Gasteiger partial charge on any atom is 0.420 e. The topological polar surface area (TPSA) is 108 Å². The van der Waals surface area contributed by atoms with E-state index in [-0.39, 0.29) is 12.6 Å². The Balaban J connectivity index is 3.46. The minimum absolute atomic E-state index is 0.149. The van der Waals surface area contributed by atoms with Gasteiger partial charge < -0.3 is 10.1 Å². The molecule has 0 radical (unpaired) electrons. The van der Waals surface area contributed by atoms with Gasteiger partial charge in [-0.3, -0.25) is 20.2 Å². The molecule has 0 saturated carbocycles. The summed E-state index contributed by atoms with van der Waals surface area (Å²) >= 11 is 0. The van der Waals surface area contributed by atoms with E-state index in [0.717, 1.165) is 26.4 Å². The second-order valence-electron chi connectivity index (χ2n) is 5.20. The summed E-state index contributed by atoms with van der Waals surface area (Å²) < 4.78 is 43.9. The van der Waals surface area contributed by atoms with E-state index < -0.39 is 44.4 Å². The van der Waals surface area contributed by atoms with Crippen LogP contribution in [0.1, 0.15) is 38.2 Å². The quantitative estimate of drug-likeness (QED) is 0.391. The zero-order valence-corrected chi connectivity index (χ0v) is 13.7. The Morgan fingerprint density at radius 2 is 1.80 bits per heavy atom. The molecule has 0 amide bonds.